The number of nitrogens with zero attached hydrogens (tertiary/aromatic N) is 4. The molecule has 0 N–H and O–H groups in total. The van der Waals surface area contributed by atoms with E-state index < -0.39 is 0 Å². The van der Waals surface area contributed by atoms with Gasteiger partial charge >= 0.3 is 17.1 Å². The maximum atomic E-state index is 12.9. The SMILES string of the molecule is O=CC1=Cc2nc1c(-c1ccccc1)c1ccc([n-]1)c(-c1ccccc1)c1nc(c(-c3ccccc3)c3ccc([n-]3)c2-c2ccccc2)C=C1.[Cu+2]. The summed E-state index contributed by atoms with van der Waals surface area (Å²) in [5, 5.41) is 0. The number of carbonyl (C=O) groups excluding carboxylic acids is 1. The Labute approximate surface area is 305 Å². The summed E-state index contributed by atoms with van der Waals surface area (Å²) in [6.45, 7) is 0. The molecule has 0 saturated carbocycles. The van der Waals surface area contributed by atoms with Gasteiger partial charge in [0.2, 0.25) is 0 Å². The van der Waals surface area contributed by atoms with Crippen LogP contribution in [0, 0.1) is 0 Å². The largest absolute Gasteiger partial charge is 2.00 e. The zero-order valence-corrected chi connectivity index (χ0v) is 28.1. The molecule has 51 heavy (non-hydrogen) atoms. The monoisotopic (exact) mass is 703 g/mol. The average molecular weight is 704 g/mol. The van der Waals surface area contributed by atoms with Crippen molar-refractivity contribution in [2.24, 2.45) is 0 Å². The van der Waals surface area contributed by atoms with Crippen molar-refractivity contribution in [3.8, 4) is 44.5 Å². The molecule has 3 aromatic heterocycles. The summed E-state index contributed by atoms with van der Waals surface area (Å²) in [4.78, 5) is 33.9. The molecule has 9 rings (SSSR count). The molecule has 0 unspecified atom stereocenters. The second-order valence-corrected chi connectivity index (χ2v) is 12.2. The van der Waals surface area contributed by atoms with Crippen LogP contribution in [0.15, 0.2) is 146 Å². The summed E-state index contributed by atoms with van der Waals surface area (Å²) in [6, 6.07) is 48.8. The molecule has 0 aliphatic carbocycles. The van der Waals surface area contributed by atoms with E-state index >= 15 is 0 Å². The Morgan fingerprint density at radius 2 is 0.765 bits per heavy atom. The first-order valence-electron chi connectivity index (χ1n) is 16.5. The molecule has 4 aromatic carbocycles. The third-order valence-electron chi connectivity index (χ3n) is 9.12. The van der Waals surface area contributed by atoms with E-state index in [9.17, 15) is 4.79 Å². The predicted molar refractivity (Wildman–Crippen MR) is 204 cm³/mol. The van der Waals surface area contributed by atoms with Crippen LogP contribution >= 0.6 is 0 Å². The molecule has 0 saturated heterocycles. The van der Waals surface area contributed by atoms with Crippen LogP contribution in [-0.4, -0.2) is 16.3 Å². The third kappa shape index (κ3) is 5.77. The fraction of sp³-hybridized carbons (Fsp3) is 0. The Balaban J connectivity index is 0.00000374. The van der Waals surface area contributed by atoms with Crippen molar-refractivity contribution in [1.29, 1.82) is 0 Å². The van der Waals surface area contributed by atoms with Gasteiger partial charge in [0.1, 0.15) is 0 Å². The van der Waals surface area contributed by atoms with E-state index in [2.05, 4.69) is 48.6 Å². The number of hydrogen-bond donors (Lipinski definition) is 0. The molecule has 7 aromatic rings. The number of carbonyl (C=O) groups is 1. The first kappa shape index (κ1) is 31.9. The molecule has 5 heterocycles. The van der Waals surface area contributed by atoms with Gasteiger partial charge in [0.15, 0.2) is 6.29 Å². The van der Waals surface area contributed by atoms with Gasteiger partial charge in [0.05, 0.1) is 22.8 Å². The van der Waals surface area contributed by atoms with E-state index in [0.29, 0.717) is 17.0 Å². The Morgan fingerprint density at radius 1 is 0.412 bits per heavy atom. The molecule has 0 amide bonds. The minimum atomic E-state index is 0. The number of allylic oxidation sites excluding steroid dienone is 1. The van der Waals surface area contributed by atoms with Crippen LogP contribution in [0.25, 0.3) is 90.4 Å². The van der Waals surface area contributed by atoms with E-state index in [-0.39, 0.29) is 17.1 Å². The number of fused-ring (bicyclic) bond motifs is 8. The van der Waals surface area contributed by atoms with Crippen LogP contribution in [0.2, 0.25) is 0 Å². The van der Waals surface area contributed by atoms with Gasteiger partial charge in [-0.3, -0.25) is 4.79 Å². The quantitative estimate of drug-likeness (QED) is 0.132. The zero-order chi connectivity index (χ0) is 33.4. The van der Waals surface area contributed by atoms with E-state index in [1.165, 1.54) is 0 Å². The summed E-state index contributed by atoms with van der Waals surface area (Å²) >= 11 is 0. The maximum absolute atomic E-state index is 12.9. The molecule has 0 spiro atoms. The minimum Gasteiger partial charge on any atom is -0.657 e. The smallest absolute Gasteiger partial charge is 0.657 e. The van der Waals surface area contributed by atoms with Gasteiger partial charge in [-0.15, -0.1) is 22.1 Å². The van der Waals surface area contributed by atoms with E-state index in [4.69, 9.17) is 19.9 Å². The topological polar surface area (TPSA) is 71.1 Å². The number of aromatic nitrogens is 4. The van der Waals surface area contributed by atoms with Crippen LogP contribution in [0.4, 0.5) is 0 Å². The summed E-state index contributed by atoms with van der Waals surface area (Å²) in [6.07, 6.45) is 6.89. The second kappa shape index (κ2) is 13.5. The summed E-state index contributed by atoms with van der Waals surface area (Å²) in [7, 11) is 0. The summed E-state index contributed by atoms with van der Waals surface area (Å²) in [5.74, 6) is 0. The average Bonchev–Trinajstić information content (AvgIpc) is 4.00. The molecule has 6 heteroatoms. The molecule has 8 bridgehead atoms. The van der Waals surface area contributed by atoms with E-state index in [0.717, 1.165) is 84.2 Å². The number of benzene rings is 4. The zero-order valence-electron chi connectivity index (χ0n) is 27.2. The molecular weight excluding hydrogens is 676 g/mol. The summed E-state index contributed by atoms with van der Waals surface area (Å²) in [5.41, 5.74) is 13.7. The van der Waals surface area contributed by atoms with Gasteiger partial charge in [0.25, 0.3) is 0 Å². The van der Waals surface area contributed by atoms with Crippen LogP contribution in [0.3, 0.4) is 0 Å². The first-order chi connectivity index (χ1) is 24.7. The molecule has 5 nitrogen and oxygen atoms in total. The van der Waals surface area contributed by atoms with E-state index in [1.807, 2.05) is 115 Å². The Hall–Kier alpha value is -6.33. The normalized spacial score (nSPS) is 11.9. The van der Waals surface area contributed by atoms with Crippen molar-refractivity contribution in [3.05, 3.63) is 168 Å². The second-order valence-electron chi connectivity index (χ2n) is 12.2. The minimum absolute atomic E-state index is 0. The fourth-order valence-corrected chi connectivity index (χ4v) is 6.88. The molecule has 0 atom stereocenters. The number of aldehydes is 1. The summed E-state index contributed by atoms with van der Waals surface area (Å²) < 4.78 is 0. The number of hydrogen-bond acceptors (Lipinski definition) is 3. The molecule has 1 radical (unpaired) electrons. The Bertz CT molecular complexity index is 2640. The van der Waals surface area contributed by atoms with Crippen molar-refractivity contribution >= 4 is 52.2 Å². The van der Waals surface area contributed by atoms with Crippen LogP contribution in [0.5, 0.6) is 0 Å². The van der Waals surface area contributed by atoms with Gasteiger partial charge < -0.3 is 9.97 Å². The first-order valence-corrected chi connectivity index (χ1v) is 16.5. The van der Waals surface area contributed by atoms with Crippen molar-refractivity contribution < 1.29 is 21.9 Å². The fourth-order valence-electron chi connectivity index (χ4n) is 6.88. The van der Waals surface area contributed by atoms with Crippen LogP contribution < -0.4 is 9.97 Å². The van der Waals surface area contributed by atoms with Gasteiger partial charge in [-0.05, 0) is 62.7 Å². The standard InChI is InChI=1S/C45H29N4O.Cu/c50-28-33-27-40-43(31-17-9-3-10-18-31)38-24-23-36(47-38)41(29-13-5-1-6-14-29)34-21-22-35(46-34)42(30-15-7-2-8-16-30)37-25-26-39(48-37)44(45(33)49-40)32-19-11-4-12-20-32;/h1-28H,(H-,46,47,48,49,50);/q-1;+2/p-1. The van der Waals surface area contributed by atoms with Gasteiger partial charge in [-0.1, -0.05) is 146 Å². The van der Waals surface area contributed by atoms with Crippen molar-refractivity contribution in [2.75, 3.05) is 0 Å². The van der Waals surface area contributed by atoms with Gasteiger partial charge in [-0.25, -0.2) is 9.97 Å². The molecule has 245 valence electrons. The third-order valence-corrected chi connectivity index (χ3v) is 9.12. The molecule has 2 aliphatic heterocycles. The van der Waals surface area contributed by atoms with E-state index in [1.54, 1.807) is 0 Å². The predicted octanol–water partition coefficient (Wildman–Crippen LogP) is 10.1. The van der Waals surface area contributed by atoms with Gasteiger partial charge in [-0.2, -0.15) is 0 Å². The molecular formula is C45H28CuN4O. The van der Waals surface area contributed by atoms with Crippen LogP contribution in [0.1, 0.15) is 22.8 Å². The van der Waals surface area contributed by atoms with Crippen molar-refractivity contribution in [3.63, 3.8) is 0 Å². The number of rotatable bonds is 5. The van der Waals surface area contributed by atoms with Crippen LogP contribution in [-0.2, 0) is 21.9 Å². The molecule has 2 aliphatic rings. The molecule has 0 fully saturated rings. The van der Waals surface area contributed by atoms with Crippen molar-refractivity contribution in [1.82, 2.24) is 19.9 Å². The Morgan fingerprint density at radius 3 is 1.16 bits per heavy atom. The van der Waals surface area contributed by atoms with Crippen molar-refractivity contribution in [2.45, 2.75) is 0 Å². The van der Waals surface area contributed by atoms with Gasteiger partial charge in [0, 0.05) is 5.57 Å². The maximum Gasteiger partial charge on any atom is 2.00 e. The Kier molecular flexibility index (Phi) is 8.46.